The Morgan fingerprint density at radius 3 is 1.63 bits per heavy atom. The van der Waals surface area contributed by atoms with Crippen molar-refractivity contribution in [2.75, 3.05) is 6.54 Å². The van der Waals surface area contributed by atoms with Crippen molar-refractivity contribution in [3.63, 3.8) is 0 Å². The summed E-state index contributed by atoms with van der Waals surface area (Å²) in [6.45, 7) is 15.4. The lowest BCUT2D eigenvalue weighted by molar-refractivity contribution is 0.418. The van der Waals surface area contributed by atoms with Crippen molar-refractivity contribution in [2.24, 2.45) is 5.92 Å². The van der Waals surface area contributed by atoms with Crippen molar-refractivity contribution in [3.8, 4) is 45.7 Å². The van der Waals surface area contributed by atoms with Gasteiger partial charge < -0.3 is 15.5 Å². The van der Waals surface area contributed by atoms with Gasteiger partial charge in [-0.05, 0) is 63.8 Å². The van der Waals surface area contributed by atoms with Gasteiger partial charge in [0.1, 0.15) is 11.5 Å². The highest BCUT2D eigenvalue weighted by Crippen LogP contribution is 2.38. The van der Waals surface area contributed by atoms with Crippen LogP contribution in [0, 0.1) is 33.6 Å². The third-order valence-corrected chi connectivity index (χ3v) is 6.82. The molecule has 1 unspecified atom stereocenters. The van der Waals surface area contributed by atoms with Crippen LogP contribution in [-0.2, 0) is 0 Å². The van der Waals surface area contributed by atoms with E-state index in [1.807, 2.05) is 38.1 Å². The van der Waals surface area contributed by atoms with E-state index in [4.69, 9.17) is 15.0 Å². The minimum atomic E-state index is -0.0747. The van der Waals surface area contributed by atoms with Crippen LogP contribution in [0.2, 0.25) is 0 Å². The first-order valence-electron chi connectivity index (χ1n) is 13.3. The second-order valence-electron chi connectivity index (χ2n) is 10.6. The molecule has 0 amide bonds. The van der Waals surface area contributed by atoms with E-state index in [1.165, 1.54) is 6.07 Å². The highest BCUT2D eigenvalue weighted by atomic mass is 16.3. The maximum Gasteiger partial charge on any atom is 0.167 e. The summed E-state index contributed by atoms with van der Waals surface area (Å²) in [4.78, 5) is 14.6. The molecule has 0 aliphatic heterocycles. The first-order valence-corrected chi connectivity index (χ1v) is 13.3. The largest absolute Gasteiger partial charge is 0.507 e. The summed E-state index contributed by atoms with van der Waals surface area (Å²) in [5.41, 5.74) is 7.44. The van der Waals surface area contributed by atoms with E-state index in [0.29, 0.717) is 34.5 Å². The van der Waals surface area contributed by atoms with Crippen molar-refractivity contribution in [1.82, 2.24) is 20.3 Å². The number of hydrogen-bond donors (Lipinski definition) is 3. The summed E-state index contributed by atoms with van der Waals surface area (Å²) in [5.74, 6) is 1.89. The van der Waals surface area contributed by atoms with Gasteiger partial charge in [-0.3, -0.25) is 0 Å². The molecular weight excluding hydrogens is 472 g/mol. The maximum absolute atomic E-state index is 11.0. The van der Waals surface area contributed by atoms with Crippen LogP contribution in [-0.4, -0.2) is 31.7 Å². The SMILES string of the molecule is CCC(NCC(C)C)c1cc(-c2nc(-c3ccc(C)cc3C)nc(-c3ccc(C)cc3C)n2)c(O)cc1O. The molecule has 6 heteroatoms. The van der Waals surface area contributed by atoms with E-state index in [-0.39, 0.29) is 17.5 Å². The number of phenolic OH excluding ortho intramolecular Hbond substituents is 2. The molecule has 1 aromatic heterocycles. The monoisotopic (exact) mass is 510 g/mol. The van der Waals surface area contributed by atoms with Crippen LogP contribution in [0.4, 0.5) is 0 Å². The molecule has 4 aromatic rings. The van der Waals surface area contributed by atoms with Gasteiger partial charge in [0.25, 0.3) is 0 Å². The molecule has 4 rings (SSSR count). The summed E-state index contributed by atoms with van der Waals surface area (Å²) in [6, 6.07) is 15.5. The molecular formula is C32H38N4O2. The van der Waals surface area contributed by atoms with Gasteiger partial charge in [0.15, 0.2) is 17.5 Å². The van der Waals surface area contributed by atoms with Crippen LogP contribution >= 0.6 is 0 Å². The van der Waals surface area contributed by atoms with Gasteiger partial charge in [0.2, 0.25) is 0 Å². The zero-order valence-electron chi connectivity index (χ0n) is 23.4. The molecule has 0 aliphatic rings. The van der Waals surface area contributed by atoms with Crippen molar-refractivity contribution < 1.29 is 10.2 Å². The van der Waals surface area contributed by atoms with Gasteiger partial charge in [-0.2, -0.15) is 0 Å². The Morgan fingerprint density at radius 2 is 1.18 bits per heavy atom. The van der Waals surface area contributed by atoms with Gasteiger partial charge >= 0.3 is 0 Å². The summed E-state index contributed by atoms with van der Waals surface area (Å²) < 4.78 is 0. The topological polar surface area (TPSA) is 91.2 Å². The van der Waals surface area contributed by atoms with Crippen molar-refractivity contribution in [1.29, 1.82) is 0 Å². The fourth-order valence-electron chi connectivity index (χ4n) is 4.77. The van der Waals surface area contributed by atoms with Gasteiger partial charge in [0.05, 0.1) is 5.56 Å². The molecule has 3 N–H and O–H groups in total. The molecule has 0 spiro atoms. The van der Waals surface area contributed by atoms with Crippen LogP contribution in [0.5, 0.6) is 11.5 Å². The normalized spacial score (nSPS) is 12.2. The molecule has 6 nitrogen and oxygen atoms in total. The number of hydrogen-bond acceptors (Lipinski definition) is 6. The Balaban J connectivity index is 1.93. The van der Waals surface area contributed by atoms with Gasteiger partial charge in [0, 0.05) is 28.8 Å². The fraction of sp³-hybridized carbons (Fsp3) is 0.344. The number of rotatable bonds is 8. The van der Waals surface area contributed by atoms with Crippen LogP contribution in [0.15, 0.2) is 48.5 Å². The van der Waals surface area contributed by atoms with E-state index in [2.05, 4.69) is 52.1 Å². The Hall–Kier alpha value is -3.77. The predicted octanol–water partition coefficient (Wildman–Crippen LogP) is 7.21. The zero-order valence-corrected chi connectivity index (χ0v) is 23.4. The Morgan fingerprint density at radius 1 is 0.684 bits per heavy atom. The first kappa shape index (κ1) is 27.3. The quantitative estimate of drug-likeness (QED) is 0.232. The molecule has 0 saturated carbocycles. The van der Waals surface area contributed by atoms with Crippen molar-refractivity contribution >= 4 is 0 Å². The maximum atomic E-state index is 11.0. The fourth-order valence-corrected chi connectivity index (χ4v) is 4.77. The highest BCUT2D eigenvalue weighted by molar-refractivity contribution is 5.73. The first-order chi connectivity index (χ1) is 18.1. The molecule has 1 atom stereocenters. The predicted molar refractivity (Wildman–Crippen MR) is 154 cm³/mol. The molecule has 198 valence electrons. The molecule has 1 heterocycles. The average molecular weight is 511 g/mol. The van der Waals surface area contributed by atoms with Crippen LogP contribution in [0.3, 0.4) is 0 Å². The molecule has 3 aromatic carbocycles. The minimum absolute atomic E-state index is 0.0487. The Bertz CT molecular complexity index is 1390. The summed E-state index contributed by atoms with van der Waals surface area (Å²) in [5, 5.41) is 25.3. The van der Waals surface area contributed by atoms with Crippen LogP contribution in [0.1, 0.15) is 61.1 Å². The number of aromatic nitrogens is 3. The van der Waals surface area contributed by atoms with Gasteiger partial charge in [-0.15, -0.1) is 0 Å². The number of aryl methyl sites for hydroxylation is 4. The van der Waals surface area contributed by atoms with Gasteiger partial charge in [-0.25, -0.2) is 15.0 Å². The third kappa shape index (κ3) is 5.86. The molecule has 0 aliphatic carbocycles. The van der Waals surface area contributed by atoms with Crippen molar-refractivity contribution in [3.05, 3.63) is 76.3 Å². The van der Waals surface area contributed by atoms with E-state index < -0.39 is 0 Å². The lowest BCUT2D eigenvalue weighted by atomic mass is 9.98. The Labute approximate surface area is 225 Å². The van der Waals surface area contributed by atoms with Gasteiger partial charge in [-0.1, -0.05) is 68.3 Å². The molecule has 0 saturated heterocycles. The lowest BCUT2D eigenvalue weighted by Crippen LogP contribution is -2.25. The Kier molecular flexibility index (Phi) is 8.12. The minimum Gasteiger partial charge on any atom is -0.507 e. The standard InChI is InChI=1S/C32H38N4O2/c1-8-27(33-17-18(2)3)25-15-26(29(38)16-28(25)37)32-35-30(23-11-9-19(4)13-21(23)6)34-31(36-32)24-12-10-20(5)14-22(24)7/h9-16,18,27,33,37-38H,8,17H2,1-7H3. The number of nitrogens with zero attached hydrogens (tertiary/aromatic N) is 3. The molecule has 0 bridgehead atoms. The van der Waals surface area contributed by atoms with E-state index >= 15 is 0 Å². The average Bonchev–Trinajstić information content (AvgIpc) is 2.85. The van der Waals surface area contributed by atoms with Crippen molar-refractivity contribution in [2.45, 2.75) is 60.9 Å². The van der Waals surface area contributed by atoms with E-state index in [1.54, 1.807) is 6.07 Å². The lowest BCUT2D eigenvalue weighted by Gasteiger charge is -2.21. The van der Waals surface area contributed by atoms with E-state index in [9.17, 15) is 10.2 Å². The number of aromatic hydroxyl groups is 2. The molecule has 38 heavy (non-hydrogen) atoms. The summed E-state index contributed by atoms with van der Waals surface area (Å²) in [6.07, 6.45) is 0.781. The third-order valence-electron chi connectivity index (χ3n) is 6.82. The number of phenols is 2. The van der Waals surface area contributed by atoms with E-state index in [0.717, 1.165) is 46.3 Å². The summed E-state index contributed by atoms with van der Waals surface area (Å²) in [7, 11) is 0. The van der Waals surface area contributed by atoms with Crippen LogP contribution in [0.25, 0.3) is 34.2 Å². The zero-order chi connectivity index (χ0) is 27.6. The smallest absolute Gasteiger partial charge is 0.167 e. The second-order valence-corrected chi connectivity index (χ2v) is 10.6. The van der Waals surface area contributed by atoms with Crippen LogP contribution < -0.4 is 5.32 Å². The highest BCUT2D eigenvalue weighted by Gasteiger charge is 2.21. The number of benzene rings is 3. The molecule has 0 fully saturated rings. The second kappa shape index (κ2) is 11.3. The summed E-state index contributed by atoms with van der Waals surface area (Å²) >= 11 is 0. The number of nitrogens with one attached hydrogen (secondary N) is 1. The molecule has 0 radical (unpaired) electrons.